The Kier molecular flexibility index (Phi) is 8.58. The van der Waals surface area contributed by atoms with Crippen LogP contribution in [0.15, 0.2) is 255 Å². The first-order chi connectivity index (χ1) is 34.7. The fourth-order valence-electron chi connectivity index (χ4n) is 12.4. The van der Waals surface area contributed by atoms with Crippen molar-refractivity contribution >= 4 is 80.3 Å². The van der Waals surface area contributed by atoms with Crippen LogP contribution in [0.2, 0.25) is 0 Å². The molecule has 11 aromatic rings. The largest absolute Gasteiger partial charge is 0.312 e. The molecule has 0 spiro atoms. The van der Waals surface area contributed by atoms with Gasteiger partial charge in [0.05, 0.1) is 0 Å². The van der Waals surface area contributed by atoms with Crippen LogP contribution in [0.3, 0.4) is 0 Å². The second-order valence-corrected chi connectivity index (χ2v) is 19.2. The van der Waals surface area contributed by atoms with Crippen LogP contribution in [0, 0.1) is 0 Å². The van der Waals surface area contributed by atoms with Gasteiger partial charge in [-0.05, 0) is 161 Å². The Morgan fingerprint density at radius 3 is 0.986 bits per heavy atom. The topological polar surface area (TPSA) is 6.48 Å². The lowest BCUT2D eigenvalue weighted by atomic mass is 9.32. The standard InChI is InChI=1S/C66H42B2N2/c1-7-19-43(20-8-1)47-31-33-58-54(35-47)56-37-49(45-23-11-3-12-24-45)39-62-64(56)67(58)60-41-53(69(51-27-15-5-16-28-51)52-29-17-6-18-30-52)42-61-66(60)70(62)63-40-50(46-25-13-4-14-26-46)38-57-55-36-48(44-21-9-2-10-22-44)32-34-59(55)68(61)65(57)63/h1-42H. The molecular formula is C66H42B2N2. The average molecular weight is 885 g/mol. The van der Waals surface area contributed by atoms with Gasteiger partial charge < -0.3 is 9.80 Å². The molecule has 0 saturated heterocycles. The predicted octanol–water partition coefficient (Wildman–Crippen LogP) is 12.9. The van der Waals surface area contributed by atoms with E-state index in [1.165, 1.54) is 117 Å². The zero-order chi connectivity index (χ0) is 45.9. The van der Waals surface area contributed by atoms with E-state index in [4.69, 9.17) is 0 Å². The van der Waals surface area contributed by atoms with Gasteiger partial charge >= 0.3 is 0 Å². The molecule has 11 aromatic carbocycles. The predicted molar refractivity (Wildman–Crippen MR) is 298 cm³/mol. The molecule has 4 heterocycles. The first-order valence-corrected chi connectivity index (χ1v) is 24.5. The molecule has 0 amide bonds. The Morgan fingerprint density at radius 1 is 0.257 bits per heavy atom. The van der Waals surface area contributed by atoms with Crippen LogP contribution in [0.25, 0.3) is 66.8 Å². The summed E-state index contributed by atoms with van der Waals surface area (Å²) in [5.74, 6) is 0. The number of para-hydroxylation sites is 2. The van der Waals surface area contributed by atoms with E-state index in [1.807, 2.05) is 0 Å². The van der Waals surface area contributed by atoms with Crippen molar-refractivity contribution in [1.29, 1.82) is 0 Å². The zero-order valence-electron chi connectivity index (χ0n) is 38.3. The number of anilines is 6. The van der Waals surface area contributed by atoms with Crippen molar-refractivity contribution in [1.82, 2.24) is 0 Å². The lowest BCUT2D eigenvalue weighted by Crippen LogP contribution is -2.63. The van der Waals surface area contributed by atoms with Gasteiger partial charge in [0.25, 0.3) is 0 Å². The van der Waals surface area contributed by atoms with Gasteiger partial charge in [0.1, 0.15) is 0 Å². The summed E-state index contributed by atoms with van der Waals surface area (Å²) in [4.78, 5) is 5.16. The minimum absolute atomic E-state index is 0.00708. The second kappa shape index (κ2) is 15.3. The smallest absolute Gasteiger partial charge is 0.248 e. The molecule has 0 N–H and O–H groups in total. The molecule has 4 heteroatoms. The number of hydrogen-bond donors (Lipinski definition) is 0. The summed E-state index contributed by atoms with van der Waals surface area (Å²) in [5.41, 5.74) is 30.4. The first-order valence-electron chi connectivity index (χ1n) is 24.5. The van der Waals surface area contributed by atoms with Crippen LogP contribution in [0.5, 0.6) is 0 Å². The maximum absolute atomic E-state index is 2.70. The summed E-state index contributed by atoms with van der Waals surface area (Å²) in [6.07, 6.45) is 0. The molecule has 2 nitrogen and oxygen atoms in total. The molecule has 0 fully saturated rings. The minimum atomic E-state index is 0.00708. The van der Waals surface area contributed by atoms with Gasteiger partial charge in [-0.15, -0.1) is 0 Å². The van der Waals surface area contributed by atoms with Crippen LogP contribution in [0.4, 0.5) is 34.1 Å². The Hall–Kier alpha value is -8.85. The number of rotatable bonds is 7. The van der Waals surface area contributed by atoms with Gasteiger partial charge in [-0.1, -0.05) is 193 Å². The van der Waals surface area contributed by atoms with Gasteiger partial charge in [0, 0.05) is 34.1 Å². The second-order valence-electron chi connectivity index (χ2n) is 19.2. The summed E-state index contributed by atoms with van der Waals surface area (Å²) in [7, 11) is 0. The zero-order valence-corrected chi connectivity index (χ0v) is 38.3. The van der Waals surface area contributed by atoms with E-state index in [2.05, 4.69) is 265 Å². The molecule has 4 aliphatic rings. The normalized spacial score (nSPS) is 12.8. The fourth-order valence-corrected chi connectivity index (χ4v) is 12.4. The van der Waals surface area contributed by atoms with Crippen LogP contribution in [-0.2, 0) is 0 Å². The van der Waals surface area contributed by atoms with E-state index in [-0.39, 0.29) is 13.4 Å². The van der Waals surface area contributed by atoms with Crippen LogP contribution in [-0.4, -0.2) is 13.4 Å². The van der Waals surface area contributed by atoms with Crippen molar-refractivity contribution in [2.75, 3.05) is 9.80 Å². The van der Waals surface area contributed by atoms with Crippen LogP contribution >= 0.6 is 0 Å². The number of benzene rings is 11. The maximum Gasteiger partial charge on any atom is 0.248 e. The van der Waals surface area contributed by atoms with Crippen LogP contribution in [0.1, 0.15) is 0 Å². The highest BCUT2D eigenvalue weighted by molar-refractivity contribution is 7.05. The highest BCUT2D eigenvalue weighted by Gasteiger charge is 2.50. The van der Waals surface area contributed by atoms with Crippen molar-refractivity contribution in [3.8, 4) is 66.8 Å². The van der Waals surface area contributed by atoms with E-state index in [9.17, 15) is 0 Å². The van der Waals surface area contributed by atoms with E-state index in [0.717, 1.165) is 17.1 Å². The van der Waals surface area contributed by atoms with Crippen molar-refractivity contribution in [3.05, 3.63) is 255 Å². The summed E-state index contributed by atoms with van der Waals surface area (Å²) in [5, 5.41) is 0. The molecule has 0 unspecified atom stereocenters. The number of fused-ring (bicyclic) bond motifs is 10. The Labute approximate surface area is 409 Å². The van der Waals surface area contributed by atoms with Crippen LogP contribution < -0.4 is 42.6 Å². The average Bonchev–Trinajstić information content (AvgIpc) is 3.95. The minimum Gasteiger partial charge on any atom is -0.312 e. The summed E-state index contributed by atoms with van der Waals surface area (Å²) in [6, 6.07) is 95.1. The molecule has 0 atom stereocenters. The summed E-state index contributed by atoms with van der Waals surface area (Å²) >= 11 is 0. The molecule has 322 valence electrons. The van der Waals surface area contributed by atoms with Gasteiger partial charge in [-0.3, -0.25) is 0 Å². The van der Waals surface area contributed by atoms with Crippen molar-refractivity contribution < 1.29 is 0 Å². The number of nitrogens with zero attached hydrogens (tertiary/aromatic N) is 2. The third kappa shape index (κ3) is 5.83. The van der Waals surface area contributed by atoms with Gasteiger partial charge in [-0.25, -0.2) is 0 Å². The first kappa shape index (κ1) is 39.2. The van der Waals surface area contributed by atoms with Crippen molar-refractivity contribution in [2.45, 2.75) is 0 Å². The third-order valence-corrected chi connectivity index (χ3v) is 15.4. The Morgan fingerprint density at radius 2 is 0.600 bits per heavy atom. The maximum atomic E-state index is 2.70. The molecular weight excluding hydrogens is 842 g/mol. The molecule has 0 aliphatic carbocycles. The van der Waals surface area contributed by atoms with Gasteiger partial charge in [-0.2, -0.15) is 0 Å². The quantitative estimate of drug-likeness (QED) is 0.147. The van der Waals surface area contributed by atoms with Crippen molar-refractivity contribution in [3.63, 3.8) is 0 Å². The summed E-state index contributed by atoms with van der Waals surface area (Å²) in [6.45, 7) is 0.0142. The van der Waals surface area contributed by atoms with E-state index in [0.29, 0.717) is 0 Å². The molecule has 0 radical (unpaired) electrons. The highest BCUT2D eigenvalue weighted by Crippen LogP contribution is 2.49. The lowest BCUT2D eigenvalue weighted by molar-refractivity contribution is 1.27. The van der Waals surface area contributed by atoms with E-state index < -0.39 is 0 Å². The molecule has 15 rings (SSSR count). The lowest BCUT2D eigenvalue weighted by Gasteiger charge is -2.44. The Balaban J connectivity index is 1.08. The molecule has 4 aliphatic heterocycles. The number of hydrogen-bond acceptors (Lipinski definition) is 2. The van der Waals surface area contributed by atoms with E-state index in [1.54, 1.807) is 0 Å². The SMILES string of the molecule is c1ccc(-c2ccc3c(c2)-c2cc(-c4ccccc4)cc4c2B3c2cc(N(c3ccccc3)c3ccccc3)cc3c2N4c2cc(-c4ccccc4)cc4c2B3c2ccc(-c3ccccc3)cc2-4)cc1. The third-order valence-electron chi connectivity index (χ3n) is 15.4. The van der Waals surface area contributed by atoms with Gasteiger partial charge in [0.2, 0.25) is 13.4 Å². The van der Waals surface area contributed by atoms with E-state index >= 15 is 0 Å². The molecule has 70 heavy (non-hydrogen) atoms. The molecule has 0 aromatic heterocycles. The summed E-state index contributed by atoms with van der Waals surface area (Å²) < 4.78 is 0. The highest BCUT2D eigenvalue weighted by atomic mass is 15.2. The van der Waals surface area contributed by atoms with Gasteiger partial charge in [0.15, 0.2) is 0 Å². The monoisotopic (exact) mass is 884 g/mol. The Bertz CT molecular complexity index is 3630. The van der Waals surface area contributed by atoms with Crippen molar-refractivity contribution in [2.24, 2.45) is 0 Å². The molecule has 0 bridgehead atoms. The fraction of sp³-hybridized carbons (Fsp3) is 0. The molecule has 0 saturated carbocycles.